The number of piperidine rings is 1. The molecule has 0 spiro atoms. The van der Waals surface area contributed by atoms with Crippen LogP contribution in [0.1, 0.15) is 19.3 Å². The van der Waals surface area contributed by atoms with Gasteiger partial charge in [0.2, 0.25) is 0 Å². The van der Waals surface area contributed by atoms with Crippen LogP contribution in [0.5, 0.6) is 0 Å². The monoisotopic (exact) mass is 429 g/mol. The third-order valence-electron chi connectivity index (χ3n) is 3.32. The number of halogens is 2. The topological polar surface area (TPSA) is 75.4 Å². The van der Waals surface area contributed by atoms with Crippen molar-refractivity contribution in [2.45, 2.75) is 25.3 Å². The third-order valence-corrected chi connectivity index (χ3v) is 6.03. The van der Waals surface area contributed by atoms with Crippen molar-refractivity contribution in [2.75, 3.05) is 17.8 Å². The Morgan fingerprint density at radius 2 is 2.20 bits per heavy atom. The van der Waals surface area contributed by atoms with Crippen molar-refractivity contribution in [3.63, 3.8) is 0 Å². The van der Waals surface area contributed by atoms with Gasteiger partial charge < -0.3 is 5.73 Å². The summed E-state index contributed by atoms with van der Waals surface area (Å²) >= 11 is 7.93. The van der Waals surface area contributed by atoms with Gasteiger partial charge in [-0.1, -0.05) is 18.0 Å². The summed E-state index contributed by atoms with van der Waals surface area (Å²) < 4.78 is 29.8. The molecule has 1 fully saturated rings. The second-order valence-electron chi connectivity index (χ2n) is 4.73. The molecule has 20 heavy (non-hydrogen) atoms. The van der Waals surface area contributed by atoms with Crippen molar-refractivity contribution in [1.29, 1.82) is 0 Å². The summed E-state index contributed by atoms with van der Waals surface area (Å²) in [6, 6.07) is 4.93. The van der Waals surface area contributed by atoms with Crippen molar-refractivity contribution >= 4 is 50.1 Å². The molecule has 5 nitrogen and oxygen atoms in total. The Morgan fingerprint density at radius 3 is 2.85 bits per heavy atom. The van der Waals surface area contributed by atoms with Crippen molar-refractivity contribution in [3.8, 4) is 0 Å². The predicted octanol–water partition coefficient (Wildman–Crippen LogP) is 2.41. The largest absolute Gasteiger partial charge is 0.329 e. The smallest absolute Gasteiger partial charge is 0.301 e. The summed E-state index contributed by atoms with van der Waals surface area (Å²) in [6.45, 7) is 0.861. The lowest BCUT2D eigenvalue weighted by atomic mass is 10.1. The molecule has 1 heterocycles. The van der Waals surface area contributed by atoms with Gasteiger partial charge in [-0.3, -0.25) is 4.72 Å². The Labute approximate surface area is 138 Å². The highest BCUT2D eigenvalue weighted by molar-refractivity contribution is 14.1. The zero-order valence-corrected chi connectivity index (χ0v) is 14.6. The summed E-state index contributed by atoms with van der Waals surface area (Å²) in [7, 11) is -3.58. The highest BCUT2D eigenvalue weighted by atomic mass is 127. The van der Waals surface area contributed by atoms with Crippen LogP contribution in [0.15, 0.2) is 18.2 Å². The Kier molecular flexibility index (Phi) is 5.52. The minimum atomic E-state index is -3.58. The Balaban J connectivity index is 2.21. The number of nitrogens with two attached hydrogens (primary N) is 1. The summed E-state index contributed by atoms with van der Waals surface area (Å²) in [5, 5.41) is 0.579. The number of hydrogen-bond donors (Lipinski definition) is 2. The van der Waals surface area contributed by atoms with Crippen molar-refractivity contribution < 1.29 is 8.42 Å². The number of benzene rings is 1. The number of nitrogens with zero attached hydrogens (tertiary/aromatic N) is 1. The highest BCUT2D eigenvalue weighted by Crippen LogP contribution is 2.26. The second-order valence-corrected chi connectivity index (χ2v) is 7.95. The van der Waals surface area contributed by atoms with Gasteiger partial charge in [-0.15, -0.1) is 0 Å². The molecule has 0 radical (unpaired) electrons. The van der Waals surface area contributed by atoms with Crippen LogP contribution in [-0.4, -0.2) is 31.9 Å². The van der Waals surface area contributed by atoms with Crippen molar-refractivity contribution in [3.05, 3.63) is 26.8 Å². The fourth-order valence-electron chi connectivity index (χ4n) is 2.30. The molecular formula is C12H17ClIN3O2S. The van der Waals surface area contributed by atoms with Gasteiger partial charge >= 0.3 is 10.2 Å². The molecule has 1 unspecified atom stereocenters. The lowest BCUT2D eigenvalue weighted by Crippen LogP contribution is -2.49. The molecule has 8 heteroatoms. The van der Waals surface area contributed by atoms with Crippen LogP contribution in [-0.2, 0) is 10.2 Å². The normalized spacial score (nSPS) is 20.9. The van der Waals surface area contributed by atoms with Crippen LogP contribution in [0, 0.1) is 3.57 Å². The molecule has 0 amide bonds. The number of hydrogen-bond acceptors (Lipinski definition) is 3. The zero-order chi connectivity index (χ0) is 14.8. The molecule has 1 aromatic rings. The van der Waals surface area contributed by atoms with Crippen LogP contribution in [0.4, 0.5) is 5.69 Å². The predicted molar refractivity (Wildman–Crippen MR) is 90.1 cm³/mol. The molecule has 1 aliphatic rings. The van der Waals surface area contributed by atoms with Gasteiger partial charge in [-0.05, 0) is 53.6 Å². The maximum atomic E-state index is 12.5. The van der Waals surface area contributed by atoms with Crippen LogP contribution in [0.3, 0.4) is 0 Å². The van der Waals surface area contributed by atoms with E-state index in [0.29, 0.717) is 23.8 Å². The van der Waals surface area contributed by atoms with E-state index < -0.39 is 10.2 Å². The lowest BCUT2D eigenvalue weighted by molar-refractivity contribution is 0.259. The van der Waals surface area contributed by atoms with E-state index in [0.717, 1.165) is 22.8 Å². The molecular weight excluding hydrogens is 413 g/mol. The van der Waals surface area contributed by atoms with E-state index in [-0.39, 0.29) is 6.04 Å². The first-order chi connectivity index (χ1) is 9.44. The maximum Gasteiger partial charge on any atom is 0.301 e. The van der Waals surface area contributed by atoms with E-state index in [4.69, 9.17) is 17.3 Å². The fourth-order valence-corrected chi connectivity index (χ4v) is 5.01. The Morgan fingerprint density at radius 1 is 1.45 bits per heavy atom. The second kappa shape index (κ2) is 6.78. The van der Waals surface area contributed by atoms with Gasteiger partial charge in [0, 0.05) is 27.7 Å². The number of anilines is 1. The van der Waals surface area contributed by atoms with Crippen molar-refractivity contribution in [1.82, 2.24) is 4.31 Å². The molecule has 1 saturated heterocycles. The van der Waals surface area contributed by atoms with E-state index >= 15 is 0 Å². The molecule has 1 atom stereocenters. The maximum absolute atomic E-state index is 12.5. The zero-order valence-electron chi connectivity index (χ0n) is 10.9. The molecule has 2 rings (SSSR count). The standard InChI is InChI=1S/C12H17ClIN3O2S/c13-9-4-5-12(11(14)7-9)16-20(18,19)17-6-2-1-3-10(17)8-15/h4-5,7,10,16H,1-3,6,8,15H2. The van der Waals surface area contributed by atoms with Gasteiger partial charge in [-0.25, -0.2) is 0 Å². The minimum Gasteiger partial charge on any atom is -0.329 e. The molecule has 1 aliphatic heterocycles. The average molecular weight is 430 g/mol. The van der Waals surface area contributed by atoms with Gasteiger partial charge in [0.15, 0.2) is 0 Å². The first-order valence-electron chi connectivity index (χ1n) is 6.39. The van der Waals surface area contributed by atoms with Gasteiger partial charge in [0.1, 0.15) is 0 Å². The van der Waals surface area contributed by atoms with E-state index in [2.05, 4.69) is 27.3 Å². The number of nitrogens with one attached hydrogen (secondary N) is 1. The van der Waals surface area contributed by atoms with Gasteiger partial charge in [0.05, 0.1) is 5.69 Å². The quantitative estimate of drug-likeness (QED) is 0.722. The molecule has 0 bridgehead atoms. The first kappa shape index (κ1) is 16.3. The van der Waals surface area contributed by atoms with Gasteiger partial charge in [-0.2, -0.15) is 12.7 Å². The molecule has 0 saturated carbocycles. The summed E-state index contributed by atoms with van der Waals surface area (Å²) in [4.78, 5) is 0. The lowest BCUT2D eigenvalue weighted by Gasteiger charge is -2.34. The molecule has 0 aromatic heterocycles. The highest BCUT2D eigenvalue weighted by Gasteiger charge is 2.31. The van der Waals surface area contributed by atoms with Crippen LogP contribution in [0.2, 0.25) is 5.02 Å². The van der Waals surface area contributed by atoms with Crippen LogP contribution >= 0.6 is 34.2 Å². The molecule has 3 N–H and O–H groups in total. The van der Waals surface area contributed by atoms with E-state index in [9.17, 15) is 8.42 Å². The average Bonchev–Trinajstić information content (AvgIpc) is 2.42. The molecule has 112 valence electrons. The fraction of sp³-hybridized carbons (Fsp3) is 0.500. The van der Waals surface area contributed by atoms with Crippen molar-refractivity contribution in [2.24, 2.45) is 5.73 Å². The summed E-state index contributed by atoms with van der Waals surface area (Å²) in [6.07, 6.45) is 2.70. The summed E-state index contributed by atoms with van der Waals surface area (Å²) in [5.41, 5.74) is 6.22. The van der Waals surface area contributed by atoms with E-state index in [1.807, 2.05) is 0 Å². The first-order valence-corrected chi connectivity index (χ1v) is 9.28. The SMILES string of the molecule is NCC1CCCCN1S(=O)(=O)Nc1ccc(Cl)cc1I. The number of rotatable bonds is 4. The Hall–Kier alpha value is -0.0900. The summed E-state index contributed by atoms with van der Waals surface area (Å²) in [5.74, 6) is 0. The van der Waals surface area contributed by atoms with Crippen LogP contribution in [0.25, 0.3) is 0 Å². The van der Waals surface area contributed by atoms with E-state index in [1.54, 1.807) is 18.2 Å². The third kappa shape index (κ3) is 3.76. The van der Waals surface area contributed by atoms with Crippen LogP contribution < -0.4 is 10.5 Å². The molecule has 1 aromatic carbocycles. The van der Waals surface area contributed by atoms with Gasteiger partial charge in [0.25, 0.3) is 0 Å². The molecule has 0 aliphatic carbocycles. The van der Waals surface area contributed by atoms with E-state index in [1.165, 1.54) is 4.31 Å². The minimum absolute atomic E-state index is 0.119. The Bertz CT molecular complexity index is 582.